The third kappa shape index (κ3) is 3.84. The molecule has 134 valence electrons. The lowest BCUT2D eigenvalue weighted by molar-refractivity contribution is 0.471. The summed E-state index contributed by atoms with van der Waals surface area (Å²) in [6, 6.07) is 8.52. The number of rotatable bonds is 4. The molecule has 5 nitrogen and oxygen atoms in total. The third-order valence-corrected chi connectivity index (χ3v) is 5.03. The molecule has 8 heteroatoms. The highest BCUT2D eigenvalue weighted by molar-refractivity contribution is 9.10. The van der Waals surface area contributed by atoms with E-state index in [-0.39, 0.29) is 11.3 Å². The van der Waals surface area contributed by atoms with Crippen LogP contribution in [0.5, 0.6) is 5.75 Å². The Bertz CT molecular complexity index is 1080. The second-order valence-corrected chi connectivity index (χ2v) is 7.83. The minimum Gasteiger partial charge on any atom is -0.506 e. The molecular formula is C18H14Br2ClN3O2. The van der Waals surface area contributed by atoms with Crippen LogP contribution in [0.2, 0.25) is 5.02 Å². The highest BCUT2D eigenvalue weighted by Crippen LogP contribution is 2.30. The lowest BCUT2D eigenvalue weighted by Gasteiger charge is -2.09. The molecule has 0 fully saturated rings. The van der Waals surface area contributed by atoms with Crippen LogP contribution in [0.15, 0.2) is 49.2 Å². The molecule has 0 saturated heterocycles. The molecule has 3 aromatic rings. The number of phenolic OH excluding ortho intramolecular Hbond substituents is 1. The minimum atomic E-state index is -0.267. The van der Waals surface area contributed by atoms with Crippen molar-refractivity contribution >= 4 is 60.6 Å². The van der Waals surface area contributed by atoms with Gasteiger partial charge in [-0.05, 0) is 52.7 Å². The first-order valence-corrected chi connectivity index (χ1v) is 9.80. The van der Waals surface area contributed by atoms with Gasteiger partial charge in [0.25, 0.3) is 5.56 Å². The maximum Gasteiger partial charge on any atom is 0.282 e. The van der Waals surface area contributed by atoms with Gasteiger partial charge < -0.3 is 5.11 Å². The molecule has 0 aliphatic rings. The molecule has 0 unspecified atom stereocenters. The average molecular weight is 500 g/mol. The molecule has 0 saturated carbocycles. The van der Waals surface area contributed by atoms with E-state index in [1.54, 1.807) is 24.3 Å². The van der Waals surface area contributed by atoms with Crippen molar-refractivity contribution in [1.82, 2.24) is 9.66 Å². The Morgan fingerprint density at radius 2 is 2.08 bits per heavy atom. The van der Waals surface area contributed by atoms with Crippen molar-refractivity contribution in [3.05, 3.63) is 66.0 Å². The molecule has 0 radical (unpaired) electrons. The smallest absolute Gasteiger partial charge is 0.282 e. The van der Waals surface area contributed by atoms with Gasteiger partial charge in [-0.1, -0.05) is 34.5 Å². The van der Waals surface area contributed by atoms with E-state index in [4.69, 9.17) is 11.6 Å². The first-order chi connectivity index (χ1) is 12.4. The number of nitrogens with zero attached hydrogens (tertiary/aromatic N) is 3. The maximum absolute atomic E-state index is 12.9. The molecule has 1 aromatic heterocycles. The van der Waals surface area contributed by atoms with E-state index in [1.807, 2.05) is 13.0 Å². The van der Waals surface area contributed by atoms with Gasteiger partial charge in [0.1, 0.15) is 11.6 Å². The minimum absolute atomic E-state index is 0.000247. The largest absolute Gasteiger partial charge is 0.506 e. The summed E-state index contributed by atoms with van der Waals surface area (Å²) in [5.74, 6) is 0.559. The fourth-order valence-corrected chi connectivity index (χ4v) is 3.70. The molecule has 26 heavy (non-hydrogen) atoms. The third-order valence-electron chi connectivity index (χ3n) is 3.72. The van der Waals surface area contributed by atoms with Crippen LogP contribution in [-0.4, -0.2) is 21.0 Å². The number of fused-ring (bicyclic) bond motifs is 1. The topological polar surface area (TPSA) is 67.5 Å². The van der Waals surface area contributed by atoms with Gasteiger partial charge in [-0.25, -0.2) is 4.98 Å². The normalized spacial score (nSPS) is 11.5. The summed E-state index contributed by atoms with van der Waals surface area (Å²) in [4.78, 5) is 17.5. The number of aryl methyl sites for hydroxylation is 1. The number of aromatic nitrogens is 2. The Morgan fingerprint density at radius 3 is 2.81 bits per heavy atom. The summed E-state index contributed by atoms with van der Waals surface area (Å²) in [6.07, 6.45) is 2.82. The Labute approximate surface area is 171 Å². The molecule has 3 rings (SSSR count). The maximum atomic E-state index is 12.9. The molecular weight excluding hydrogens is 485 g/mol. The molecule has 0 aliphatic carbocycles. The summed E-state index contributed by atoms with van der Waals surface area (Å²) in [6.45, 7) is 2.01. The summed E-state index contributed by atoms with van der Waals surface area (Å²) in [5.41, 5.74) is 0.756. The van der Waals surface area contributed by atoms with Gasteiger partial charge in [-0.2, -0.15) is 9.78 Å². The summed E-state index contributed by atoms with van der Waals surface area (Å²) in [5, 5.41) is 15.3. The van der Waals surface area contributed by atoms with Crippen molar-refractivity contribution in [3.8, 4) is 5.75 Å². The zero-order valence-corrected chi connectivity index (χ0v) is 17.6. The monoisotopic (exact) mass is 497 g/mol. The Hall–Kier alpha value is -1.70. The number of hydrogen-bond acceptors (Lipinski definition) is 4. The van der Waals surface area contributed by atoms with Crippen LogP contribution >= 0.6 is 43.5 Å². The Morgan fingerprint density at radius 1 is 1.31 bits per heavy atom. The summed E-state index contributed by atoms with van der Waals surface area (Å²) >= 11 is 12.6. The van der Waals surface area contributed by atoms with Crippen LogP contribution in [0.25, 0.3) is 10.9 Å². The van der Waals surface area contributed by atoms with E-state index >= 15 is 0 Å². The summed E-state index contributed by atoms with van der Waals surface area (Å²) < 4.78 is 2.51. The molecule has 1 heterocycles. The second kappa shape index (κ2) is 7.90. The van der Waals surface area contributed by atoms with Crippen molar-refractivity contribution in [3.63, 3.8) is 0 Å². The van der Waals surface area contributed by atoms with E-state index in [2.05, 4.69) is 41.9 Å². The van der Waals surface area contributed by atoms with Crippen LogP contribution in [0.3, 0.4) is 0 Å². The van der Waals surface area contributed by atoms with Crippen LogP contribution < -0.4 is 5.56 Å². The number of aromatic hydroxyl groups is 1. The van der Waals surface area contributed by atoms with E-state index in [0.29, 0.717) is 38.2 Å². The lowest BCUT2D eigenvalue weighted by atomic mass is 10.2. The molecule has 0 bridgehead atoms. The molecule has 1 N–H and O–H groups in total. The number of hydrogen-bond donors (Lipinski definition) is 1. The predicted molar refractivity (Wildman–Crippen MR) is 112 cm³/mol. The molecule has 0 spiro atoms. The van der Waals surface area contributed by atoms with Crippen LogP contribution in [0.4, 0.5) is 0 Å². The van der Waals surface area contributed by atoms with E-state index in [0.717, 1.165) is 10.9 Å². The zero-order chi connectivity index (χ0) is 18.8. The first-order valence-electron chi connectivity index (χ1n) is 7.84. The van der Waals surface area contributed by atoms with Gasteiger partial charge in [0.05, 0.1) is 21.6 Å². The second-order valence-electron chi connectivity index (χ2n) is 5.63. The highest BCUT2D eigenvalue weighted by Gasteiger charge is 2.11. The fraction of sp³-hybridized carbons (Fsp3) is 0.167. The van der Waals surface area contributed by atoms with Crippen LogP contribution in [0, 0.1) is 0 Å². The number of benzene rings is 2. The Kier molecular flexibility index (Phi) is 5.79. The predicted octanol–water partition coefficient (Wildman–Crippen LogP) is 5.12. The van der Waals surface area contributed by atoms with Crippen LogP contribution in [0.1, 0.15) is 24.7 Å². The quantitative estimate of drug-likeness (QED) is 0.507. The molecule has 0 atom stereocenters. The van der Waals surface area contributed by atoms with E-state index in [9.17, 15) is 9.90 Å². The SMILES string of the molecule is CCCc1nc2ccc(Br)cc2c(=O)n1N=Cc1cc(Cl)cc(Br)c1O. The van der Waals surface area contributed by atoms with Crippen molar-refractivity contribution < 1.29 is 5.11 Å². The fourth-order valence-electron chi connectivity index (χ4n) is 2.50. The average Bonchev–Trinajstić information content (AvgIpc) is 2.59. The van der Waals surface area contributed by atoms with Crippen molar-refractivity contribution in [2.45, 2.75) is 19.8 Å². The van der Waals surface area contributed by atoms with Gasteiger partial charge >= 0.3 is 0 Å². The van der Waals surface area contributed by atoms with Gasteiger partial charge in [0.2, 0.25) is 0 Å². The summed E-state index contributed by atoms with van der Waals surface area (Å²) in [7, 11) is 0. The zero-order valence-electron chi connectivity index (χ0n) is 13.7. The Balaban J connectivity index is 2.19. The van der Waals surface area contributed by atoms with Gasteiger partial charge in [0.15, 0.2) is 0 Å². The van der Waals surface area contributed by atoms with E-state index < -0.39 is 0 Å². The number of halogens is 3. The van der Waals surface area contributed by atoms with Crippen molar-refractivity contribution in [2.24, 2.45) is 5.10 Å². The first kappa shape index (κ1) is 19.1. The van der Waals surface area contributed by atoms with Crippen LogP contribution in [-0.2, 0) is 6.42 Å². The van der Waals surface area contributed by atoms with Crippen molar-refractivity contribution in [1.29, 1.82) is 0 Å². The highest BCUT2D eigenvalue weighted by atomic mass is 79.9. The lowest BCUT2D eigenvalue weighted by Crippen LogP contribution is -2.22. The molecule has 0 amide bonds. The molecule has 0 aliphatic heterocycles. The van der Waals surface area contributed by atoms with Gasteiger partial charge in [-0.3, -0.25) is 4.79 Å². The van der Waals surface area contributed by atoms with Gasteiger partial charge in [0, 0.05) is 21.5 Å². The van der Waals surface area contributed by atoms with E-state index in [1.165, 1.54) is 10.9 Å². The number of phenols is 1. The standard InChI is InChI=1S/C18H14Br2ClN3O2/c1-2-3-16-23-15-5-4-11(19)7-13(15)18(26)24(16)22-9-10-6-12(21)8-14(20)17(10)25/h4-9,25H,2-3H2,1H3. The van der Waals surface area contributed by atoms with Crippen molar-refractivity contribution in [2.75, 3.05) is 0 Å². The van der Waals surface area contributed by atoms with Gasteiger partial charge in [-0.15, -0.1) is 0 Å². The molecule has 2 aromatic carbocycles.